The van der Waals surface area contributed by atoms with E-state index >= 15 is 0 Å². The molecule has 134 valence electrons. The SMILES string of the molecule is C[C@@H]1Cc2ccccc2N1C(=O)[C@@H](C)Sc1nnc(C(F)(F)F)n1C. The van der Waals surface area contributed by atoms with Gasteiger partial charge in [0, 0.05) is 18.8 Å². The highest BCUT2D eigenvalue weighted by Gasteiger charge is 2.39. The van der Waals surface area contributed by atoms with Crippen molar-refractivity contribution >= 4 is 23.4 Å². The number of benzene rings is 1. The summed E-state index contributed by atoms with van der Waals surface area (Å²) in [6.45, 7) is 3.63. The van der Waals surface area contributed by atoms with E-state index in [2.05, 4.69) is 10.2 Å². The number of hydrogen-bond donors (Lipinski definition) is 0. The Hall–Kier alpha value is -2.03. The number of aromatic nitrogens is 3. The number of rotatable bonds is 3. The third-order valence-corrected chi connectivity index (χ3v) is 5.28. The molecule has 0 aliphatic carbocycles. The minimum absolute atomic E-state index is 0.0122. The summed E-state index contributed by atoms with van der Waals surface area (Å²) in [6, 6.07) is 7.68. The lowest BCUT2D eigenvalue weighted by atomic mass is 10.1. The average molecular weight is 370 g/mol. The van der Waals surface area contributed by atoms with Crippen LogP contribution < -0.4 is 4.90 Å². The monoisotopic (exact) mass is 370 g/mol. The zero-order valence-electron chi connectivity index (χ0n) is 13.9. The second-order valence-electron chi connectivity index (χ2n) is 6.01. The molecule has 2 atom stereocenters. The Morgan fingerprint density at radius 3 is 2.64 bits per heavy atom. The summed E-state index contributed by atoms with van der Waals surface area (Å²) in [4.78, 5) is 14.6. The number of hydrogen-bond acceptors (Lipinski definition) is 4. The predicted octanol–water partition coefficient (Wildman–Crippen LogP) is 3.29. The number of fused-ring (bicyclic) bond motifs is 1. The summed E-state index contributed by atoms with van der Waals surface area (Å²) in [5, 5.41) is 6.25. The number of para-hydroxylation sites is 1. The third-order valence-electron chi connectivity index (χ3n) is 4.16. The molecule has 0 saturated carbocycles. The highest BCUT2D eigenvalue weighted by Crippen LogP contribution is 2.35. The number of nitrogens with zero attached hydrogens (tertiary/aromatic N) is 4. The van der Waals surface area contributed by atoms with Gasteiger partial charge in [0.1, 0.15) is 0 Å². The van der Waals surface area contributed by atoms with Gasteiger partial charge in [-0.3, -0.25) is 4.79 Å². The Labute approximate surface area is 147 Å². The smallest absolute Gasteiger partial charge is 0.308 e. The third kappa shape index (κ3) is 3.24. The van der Waals surface area contributed by atoms with E-state index in [1.807, 2.05) is 31.2 Å². The van der Waals surface area contributed by atoms with Crippen LogP contribution in [0.5, 0.6) is 0 Å². The zero-order chi connectivity index (χ0) is 18.4. The predicted molar refractivity (Wildman–Crippen MR) is 88.4 cm³/mol. The van der Waals surface area contributed by atoms with Crippen LogP contribution in [0.25, 0.3) is 0 Å². The molecule has 1 aromatic heterocycles. The first-order valence-corrected chi connectivity index (χ1v) is 8.62. The number of amides is 1. The van der Waals surface area contributed by atoms with Gasteiger partial charge in [0.2, 0.25) is 11.7 Å². The molecular weight excluding hydrogens is 353 g/mol. The largest absolute Gasteiger partial charge is 0.451 e. The number of carbonyl (C=O) groups excluding carboxylic acids is 1. The number of halogens is 3. The van der Waals surface area contributed by atoms with E-state index < -0.39 is 17.3 Å². The van der Waals surface area contributed by atoms with E-state index in [4.69, 9.17) is 0 Å². The summed E-state index contributed by atoms with van der Waals surface area (Å²) < 4.78 is 39.3. The van der Waals surface area contributed by atoms with Crippen molar-refractivity contribution < 1.29 is 18.0 Å². The molecule has 3 rings (SSSR count). The Kier molecular flexibility index (Phi) is 4.52. The average Bonchev–Trinajstić information content (AvgIpc) is 3.06. The van der Waals surface area contributed by atoms with Gasteiger partial charge in [-0.05, 0) is 31.9 Å². The van der Waals surface area contributed by atoms with Crippen molar-refractivity contribution in [3.63, 3.8) is 0 Å². The first-order valence-electron chi connectivity index (χ1n) is 7.74. The Morgan fingerprint density at radius 2 is 2.00 bits per heavy atom. The summed E-state index contributed by atoms with van der Waals surface area (Å²) >= 11 is 0.977. The summed E-state index contributed by atoms with van der Waals surface area (Å²) in [7, 11) is 1.25. The quantitative estimate of drug-likeness (QED) is 0.778. The molecule has 0 bridgehead atoms. The summed E-state index contributed by atoms with van der Waals surface area (Å²) in [5.74, 6) is -1.23. The minimum atomic E-state index is -4.57. The molecule has 1 amide bonds. The van der Waals surface area contributed by atoms with Crippen molar-refractivity contribution in [1.29, 1.82) is 0 Å². The van der Waals surface area contributed by atoms with E-state index in [-0.39, 0.29) is 17.1 Å². The lowest BCUT2D eigenvalue weighted by Crippen LogP contribution is -2.40. The maximum Gasteiger partial charge on any atom is 0.451 e. The highest BCUT2D eigenvalue weighted by atomic mass is 32.2. The van der Waals surface area contributed by atoms with Gasteiger partial charge in [-0.15, -0.1) is 10.2 Å². The molecule has 9 heteroatoms. The standard InChI is InChI=1S/C16H17F3N4OS/c1-9-8-11-6-4-5-7-12(11)23(9)13(24)10(2)25-15-21-20-14(22(15)3)16(17,18)19/h4-7,9-10H,8H2,1-3H3/t9-,10-/m1/s1. The van der Waals surface area contributed by atoms with Crippen molar-refractivity contribution in [3.05, 3.63) is 35.7 Å². The number of alkyl halides is 3. The van der Waals surface area contributed by atoms with E-state index in [0.717, 1.165) is 34.0 Å². The van der Waals surface area contributed by atoms with Crippen LogP contribution in [0.4, 0.5) is 18.9 Å². The molecule has 0 saturated heterocycles. The topological polar surface area (TPSA) is 51.0 Å². The number of thioether (sulfide) groups is 1. The zero-order valence-corrected chi connectivity index (χ0v) is 14.7. The van der Waals surface area contributed by atoms with E-state index in [1.165, 1.54) is 7.05 Å². The van der Waals surface area contributed by atoms with Crippen LogP contribution in [-0.4, -0.2) is 32.0 Å². The van der Waals surface area contributed by atoms with Gasteiger partial charge < -0.3 is 9.47 Å². The maximum absolute atomic E-state index is 12.9. The van der Waals surface area contributed by atoms with Gasteiger partial charge in [0.15, 0.2) is 5.16 Å². The van der Waals surface area contributed by atoms with Crippen LogP contribution in [0, 0.1) is 0 Å². The van der Waals surface area contributed by atoms with E-state index in [9.17, 15) is 18.0 Å². The van der Waals surface area contributed by atoms with Gasteiger partial charge in [0.25, 0.3) is 0 Å². The fraction of sp³-hybridized carbons (Fsp3) is 0.438. The molecule has 1 aliphatic rings. The van der Waals surface area contributed by atoms with Crippen molar-refractivity contribution in [3.8, 4) is 0 Å². The van der Waals surface area contributed by atoms with Crippen molar-refractivity contribution in [1.82, 2.24) is 14.8 Å². The van der Waals surface area contributed by atoms with Crippen LogP contribution in [0.1, 0.15) is 25.2 Å². The van der Waals surface area contributed by atoms with Crippen LogP contribution in [0.2, 0.25) is 0 Å². The van der Waals surface area contributed by atoms with Gasteiger partial charge >= 0.3 is 6.18 Å². The first-order chi connectivity index (χ1) is 11.7. The lowest BCUT2D eigenvalue weighted by molar-refractivity contribution is -0.147. The molecule has 5 nitrogen and oxygen atoms in total. The van der Waals surface area contributed by atoms with Crippen molar-refractivity contribution in [2.75, 3.05) is 4.90 Å². The van der Waals surface area contributed by atoms with Crippen LogP contribution in [-0.2, 0) is 24.4 Å². The van der Waals surface area contributed by atoms with Gasteiger partial charge in [-0.1, -0.05) is 30.0 Å². The van der Waals surface area contributed by atoms with E-state index in [1.54, 1.807) is 11.8 Å². The highest BCUT2D eigenvalue weighted by molar-refractivity contribution is 8.00. The number of carbonyl (C=O) groups is 1. The Bertz CT molecular complexity index is 805. The second kappa shape index (κ2) is 6.36. The normalized spacial score (nSPS) is 18.3. The summed E-state index contributed by atoms with van der Waals surface area (Å²) in [5.41, 5.74) is 1.96. The molecule has 0 N–H and O–H groups in total. The summed E-state index contributed by atoms with van der Waals surface area (Å²) in [6.07, 6.45) is -3.81. The molecule has 2 heterocycles. The van der Waals surface area contributed by atoms with E-state index in [0.29, 0.717) is 0 Å². The number of anilines is 1. The van der Waals surface area contributed by atoms with Crippen molar-refractivity contribution in [2.24, 2.45) is 7.05 Å². The second-order valence-corrected chi connectivity index (χ2v) is 7.32. The van der Waals surface area contributed by atoms with Crippen LogP contribution in [0.3, 0.4) is 0 Å². The Morgan fingerprint density at radius 1 is 1.32 bits per heavy atom. The minimum Gasteiger partial charge on any atom is -0.308 e. The van der Waals surface area contributed by atoms with Gasteiger partial charge in [-0.2, -0.15) is 13.2 Å². The van der Waals surface area contributed by atoms with Crippen molar-refractivity contribution in [2.45, 2.75) is 42.9 Å². The lowest BCUT2D eigenvalue weighted by Gasteiger charge is -2.25. The molecule has 1 aliphatic heterocycles. The molecule has 2 aromatic rings. The molecule has 25 heavy (non-hydrogen) atoms. The van der Waals surface area contributed by atoms with Gasteiger partial charge in [-0.25, -0.2) is 0 Å². The van der Waals surface area contributed by atoms with Crippen LogP contribution >= 0.6 is 11.8 Å². The van der Waals surface area contributed by atoms with Crippen LogP contribution in [0.15, 0.2) is 29.4 Å². The Balaban J connectivity index is 1.79. The fourth-order valence-corrected chi connectivity index (χ4v) is 3.83. The van der Waals surface area contributed by atoms with Gasteiger partial charge in [0.05, 0.1) is 5.25 Å². The molecule has 0 spiro atoms. The molecule has 0 unspecified atom stereocenters. The molecule has 0 fully saturated rings. The maximum atomic E-state index is 12.9. The molecule has 1 aromatic carbocycles. The molecule has 0 radical (unpaired) electrons. The first kappa shape index (κ1) is 17.8. The fourth-order valence-electron chi connectivity index (χ4n) is 2.97. The molecular formula is C16H17F3N4OS.